The van der Waals surface area contributed by atoms with Crippen molar-refractivity contribution in [3.63, 3.8) is 0 Å². The fraction of sp³-hybridized carbons (Fsp3) is 0.350. The number of nitrogens with zero attached hydrogens (tertiary/aromatic N) is 2. The molecule has 0 bridgehead atoms. The van der Waals surface area contributed by atoms with Gasteiger partial charge in [0, 0.05) is 12.6 Å². The van der Waals surface area contributed by atoms with Gasteiger partial charge in [0.05, 0.1) is 15.5 Å². The number of rotatable bonds is 7. The van der Waals surface area contributed by atoms with E-state index in [0.717, 1.165) is 19.4 Å². The van der Waals surface area contributed by atoms with E-state index >= 15 is 0 Å². The minimum absolute atomic E-state index is 0.0739. The molecule has 0 N–H and O–H groups in total. The van der Waals surface area contributed by atoms with E-state index in [9.17, 15) is 13.2 Å². The molecule has 0 aliphatic carbocycles. The third-order valence-corrected chi connectivity index (χ3v) is 6.24. The fourth-order valence-corrected chi connectivity index (χ4v) is 4.33. The summed E-state index contributed by atoms with van der Waals surface area (Å²) in [5.74, 6) is 0.324. The molecule has 3 rings (SSSR count). The first-order valence-electron chi connectivity index (χ1n) is 8.91. The van der Waals surface area contributed by atoms with Crippen LogP contribution in [-0.2, 0) is 14.6 Å². The molecule has 1 aliphatic rings. The van der Waals surface area contributed by atoms with Gasteiger partial charge in [0.2, 0.25) is 9.84 Å². The number of unbranched alkanes of at least 4 members (excludes halogenated alkanes) is 1. The maximum Gasteiger partial charge on any atom is 0.265 e. The van der Waals surface area contributed by atoms with E-state index in [1.807, 2.05) is 14.1 Å². The Hall–Kier alpha value is -2.38. The molecular formula is C20H24N2O4S. The highest BCUT2D eigenvalue weighted by Crippen LogP contribution is 2.35. The summed E-state index contributed by atoms with van der Waals surface area (Å²) in [6.07, 6.45) is 1.85. The maximum absolute atomic E-state index is 12.8. The highest BCUT2D eigenvalue weighted by atomic mass is 32.2. The normalized spacial score (nSPS) is 14.2. The molecule has 0 radical (unpaired) electrons. The monoisotopic (exact) mass is 388 g/mol. The summed E-state index contributed by atoms with van der Waals surface area (Å²) in [6, 6.07) is 13.0. The van der Waals surface area contributed by atoms with Gasteiger partial charge < -0.3 is 14.5 Å². The Balaban J connectivity index is 1.83. The van der Waals surface area contributed by atoms with Crippen LogP contribution in [0.3, 0.4) is 0 Å². The molecule has 0 fully saturated rings. The molecule has 0 atom stereocenters. The Bertz CT molecular complexity index is 911. The zero-order valence-corrected chi connectivity index (χ0v) is 16.4. The van der Waals surface area contributed by atoms with E-state index in [2.05, 4.69) is 4.90 Å². The van der Waals surface area contributed by atoms with Gasteiger partial charge in [-0.2, -0.15) is 0 Å². The SMILES string of the molecule is CN(C)CCCCN1C(=O)COc2cc(S(=O)(=O)c3ccccc3)ccc21. The molecule has 1 amide bonds. The molecule has 2 aromatic carbocycles. The van der Waals surface area contributed by atoms with Crippen molar-refractivity contribution in [1.29, 1.82) is 0 Å². The Morgan fingerprint density at radius 3 is 2.48 bits per heavy atom. The number of anilines is 1. The lowest BCUT2D eigenvalue weighted by Crippen LogP contribution is -2.39. The average Bonchev–Trinajstić information content (AvgIpc) is 2.66. The predicted molar refractivity (Wildman–Crippen MR) is 104 cm³/mol. The smallest absolute Gasteiger partial charge is 0.265 e. The molecule has 6 nitrogen and oxygen atoms in total. The van der Waals surface area contributed by atoms with Crippen LogP contribution in [0.2, 0.25) is 0 Å². The molecule has 1 aliphatic heterocycles. The second kappa shape index (κ2) is 8.10. The average molecular weight is 388 g/mol. The molecule has 0 aromatic heterocycles. The third-order valence-electron chi connectivity index (χ3n) is 4.48. The van der Waals surface area contributed by atoms with Gasteiger partial charge in [-0.05, 0) is 57.7 Å². The Morgan fingerprint density at radius 1 is 1.04 bits per heavy atom. The van der Waals surface area contributed by atoms with Gasteiger partial charge in [0.25, 0.3) is 5.91 Å². The summed E-state index contributed by atoms with van der Waals surface area (Å²) < 4.78 is 31.1. The summed E-state index contributed by atoms with van der Waals surface area (Å²) in [6.45, 7) is 1.48. The van der Waals surface area contributed by atoms with E-state index in [0.29, 0.717) is 18.0 Å². The van der Waals surface area contributed by atoms with Crippen LogP contribution in [0, 0.1) is 0 Å². The van der Waals surface area contributed by atoms with Gasteiger partial charge in [-0.25, -0.2) is 8.42 Å². The number of fused-ring (bicyclic) bond motifs is 1. The van der Waals surface area contributed by atoms with Crippen molar-refractivity contribution >= 4 is 21.4 Å². The Labute approximate surface area is 160 Å². The third kappa shape index (κ3) is 4.31. The van der Waals surface area contributed by atoms with Gasteiger partial charge in [0.1, 0.15) is 5.75 Å². The number of benzene rings is 2. The first kappa shape index (κ1) is 19.4. The van der Waals surface area contributed by atoms with Crippen LogP contribution in [-0.4, -0.2) is 53.0 Å². The van der Waals surface area contributed by atoms with Crippen LogP contribution in [0.1, 0.15) is 12.8 Å². The van der Waals surface area contributed by atoms with E-state index in [1.54, 1.807) is 41.3 Å². The maximum atomic E-state index is 12.8. The number of carbonyl (C=O) groups excluding carboxylic acids is 1. The van der Waals surface area contributed by atoms with Crippen LogP contribution in [0.15, 0.2) is 58.3 Å². The standard InChI is InChI=1S/C20H24N2O4S/c1-21(2)12-6-7-13-22-18-11-10-17(14-19(18)26-15-20(22)23)27(24,25)16-8-4-3-5-9-16/h3-5,8-11,14H,6-7,12-13,15H2,1-2H3. The number of hydrogen-bond acceptors (Lipinski definition) is 5. The van der Waals surface area contributed by atoms with Crippen molar-refractivity contribution in [3.05, 3.63) is 48.5 Å². The van der Waals surface area contributed by atoms with Crippen molar-refractivity contribution < 1.29 is 17.9 Å². The molecule has 0 saturated carbocycles. The largest absolute Gasteiger partial charge is 0.482 e. The summed E-state index contributed by atoms with van der Waals surface area (Å²) in [5.41, 5.74) is 0.628. The number of carbonyl (C=O) groups is 1. The summed E-state index contributed by atoms with van der Waals surface area (Å²) >= 11 is 0. The second-order valence-electron chi connectivity index (χ2n) is 6.79. The molecule has 0 saturated heterocycles. The van der Waals surface area contributed by atoms with E-state index in [-0.39, 0.29) is 22.3 Å². The second-order valence-corrected chi connectivity index (χ2v) is 8.74. The van der Waals surface area contributed by atoms with Crippen LogP contribution in [0.4, 0.5) is 5.69 Å². The van der Waals surface area contributed by atoms with Crippen LogP contribution < -0.4 is 9.64 Å². The lowest BCUT2D eigenvalue weighted by Gasteiger charge is -2.29. The minimum atomic E-state index is -3.62. The van der Waals surface area contributed by atoms with Crippen LogP contribution in [0.25, 0.3) is 0 Å². The molecule has 0 unspecified atom stereocenters. The zero-order valence-electron chi connectivity index (χ0n) is 15.6. The quantitative estimate of drug-likeness (QED) is 0.682. The number of ether oxygens (including phenoxy) is 1. The summed E-state index contributed by atoms with van der Waals surface area (Å²) in [4.78, 5) is 16.5. The topological polar surface area (TPSA) is 66.9 Å². The number of hydrogen-bond donors (Lipinski definition) is 0. The Kier molecular flexibility index (Phi) is 5.82. The van der Waals surface area contributed by atoms with Gasteiger partial charge in [-0.3, -0.25) is 4.79 Å². The molecule has 144 valence electrons. The molecule has 0 spiro atoms. The Morgan fingerprint density at radius 2 is 1.78 bits per heavy atom. The van der Waals surface area contributed by atoms with Gasteiger partial charge in [0.15, 0.2) is 6.61 Å². The highest BCUT2D eigenvalue weighted by molar-refractivity contribution is 7.91. The van der Waals surface area contributed by atoms with Gasteiger partial charge >= 0.3 is 0 Å². The lowest BCUT2D eigenvalue weighted by atomic mass is 10.2. The van der Waals surface area contributed by atoms with Crippen molar-refractivity contribution in [3.8, 4) is 5.75 Å². The molecular weight excluding hydrogens is 364 g/mol. The molecule has 27 heavy (non-hydrogen) atoms. The molecule has 1 heterocycles. The minimum Gasteiger partial charge on any atom is -0.482 e. The van der Waals surface area contributed by atoms with Crippen molar-refractivity contribution in [2.45, 2.75) is 22.6 Å². The zero-order chi connectivity index (χ0) is 19.4. The molecule has 7 heteroatoms. The van der Waals surface area contributed by atoms with Crippen molar-refractivity contribution in [2.24, 2.45) is 0 Å². The van der Waals surface area contributed by atoms with Crippen molar-refractivity contribution in [2.75, 3.05) is 38.7 Å². The van der Waals surface area contributed by atoms with Crippen LogP contribution in [0.5, 0.6) is 5.75 Å². The predicted octanol–water partition coefficient (Wildman–Crippen LogP) is 2.59. The summed E-state index contributed by atoms with van der Waals surface area (Å²) in [7, 11) is 0.413. The first-order chi connectivity index (χ1) is 12.9. The van der Waals surface area contributed by atoms with Gasteiger partial charge in [-0.15, -0.1) is 0 Å². The van der Waals surface area contributed by atoms with E-state index in [4.69, 9.17) is 4.74 Å². The fourth-order valence-electron chi connectivity index (χ4n) is 3.03. The number of sulfone groups is 1. The van der Waals surface area contributed by atoms with Crippen molar-refractivity contribution in [1.82, 2.24) is 4.90 Å². The lowest BCUT2D eigenvalue weighted by molar-refractivity contribution is -0.121. The van der Waals surface area contributed by atoms with E-state index < -0.39 is 9.84 Å². The van der Waals surface area contributed by atoms with Crippen LogP contribution >= 0.6 is 0 Å². The van der Waals surface area contributed by atoms with E-state index in [1.165, 1.54) is 12.1 Å². The summed E-state index contributed by atoms with van der Waals surface area (Å²) in [5, 5.41) is 0. The molecule has 2 aromatic rings. The first-order valence-corrected chi connectivity index (χ1v) is 10.4. The number of amides is 1. The highest BCUT2D eigenvalue weighted by Gasteiger charge is 2.27. The van der Waals surface area contributed by atoms with Gasteiger partial charge in [-0.1, -0.05) is 18.2 Å².